The van der Waals surface area contributed by atoms with Crippen LogP contribution in [0.5, 0.6) is 5.75 Å². The molecule has 0 aliphatic carbocycles. The Balaban J connectivity index is 2.05. The van der Waals surface area contributed by atoms with E-state index in [9.17, 15) is 10.1 Å². The standard InChI is InChI=1S/C11H10N2O5/c1-16-8-4-2-3-6-7(8)5-9-10(13(14)15)12-18-11(6)17-9/h2-4,9,11H,5H2,1H3/t9-,11-/m1/s1. The first-order valence-electron chi connectivity index (χ1n) is 5.40. The fourth-order valence-corrected chi connectivity index (χ4v) is 2.21. The third-order valence-electron chi connectivity index (χ3n) is 3.04. The molecule has 1 aromatic rings. The number of oxime groups is 1. The number of fused-ring (bicyclic) bond motifs is 4. The van der Waals surface area contributed by atoms with Gasteiger partial charge in [-0.15, -0.1) is 0 Å². The third-order valence-corrected chi connectivity index (χ3v) is 3.04. The zero-order chi connectivity index (χ0) is 12.7. The van der Waals surface area contributed by atoms with Crippen molar-refractivity contribution in [3.05, 3.63) is 39.4 Å². The van der Waals surface area contributed by atoms with Crippen LogP contribution in [0.1, 0.15) is 17.4 Å². The highest BCUT2D eigenvalue weighted by Gasteiger charge is 2.44. The van der Waals surface area contributed by atoms with Crippen LogP contribution in [0.15, 0.2) is 23.4 Å². The average Bonchev–Trinajstić information content (AvgIpc) is 2.38. The van der Waals surface area contributed by atoms with Crippen molar-refractivity contribution in [3.63, 3.8) is 0 Å². The van der Waals surface area contributed by atoms with Gasteiger partial charge in [-0.3, -0.25) is 4.84 Å². The lowest BCUT2D eigenvalue weighted by Crippen LogP contribution is -2.41. The number of nitro groups is 1. The first kappa shape index (κ1) is 11.0. The SMILES string of the molecule is COc1cccc2c1C[C@H]1O[C@@H]2ON=C1[N+](=O)[O-]. The van der Waals surface area contributed by atoms with Crippen molar-refractivity contribution in [3.8, 4) is 5.75 Å². The van der Waals surface area contributed by atoms with Gasteiger partial charge in [-0.25, -0.2) is 0 Å². The Labute approximate surface area is 102 Å². The van der Waals surface area contributed by atoms with Crippen molar-refractivity contribution in [2.45, 2.75) is 18.8 Å². The van der Waals surface area contributed by atoms with Crippen LogP contribution in [0.4, 0.5) is 0 Å². The molecule has 0 amide bonds. The molecule has 18 heavy (non-hydrogen) atoms. The van der Waals surface area contributed by atoms with Crippen molar-refractivity contribution in [1.82, 2.24) is 0 Å². The summed E-state index contributed by atoms with van der Waals surface area (Å²) >= 11 is 0. The lowest BCUT2D eigenvalue weighted by molar-refractivity contribution is -0.375. The molecular formula is C11H10N2O5. The smallest absolute Gasteiger partial charge is 0.414 e. The van der Waals surface area contributed by atoms with Gasteiger partial charge >= 0.3 is 5.84 Å². The number of rotatable bonds is 1. The van der Waals surface area contributed by atoms with E-state index < -0.39 is 17.3 Å². The molecule has 2 aliphatic rings. The van der Waals surface area contributed by atoms with Gasteiger partial charge in [-0.2, -0.15) is 0 Å². The van der Waals surface area contributed by atoms with Crippen LogP contribution in [0, 0.1) is 10.1 Å². The summed E-state index contributed by atoms with van der Waals surface area (Å²) in [6.45, 7) is 0. The Morgan fingerprint density at radius 3 is 3.11 bits per heavy atom. The second-order valence-electron chi connectivity index (χ2n) is 4.00. The minimum Gasteiger partial charge on any atom is -0.496 e. The van der Waals surface area contributed by atoms with E-state index in [4.69, 9.17) is 14.3 Å². The molecule has 1 aromatic carbocycles. The summed E-state index contributed by atoms with van der Waals surface area (Å²) in [4.78, 5) is 15.2. The molecule has 0 radical (unpaired) electrons. The number of hydrogen-bond acceptors (Lipinski definition) is 6. The maximum atomic E-state index is 10.8. The lowest BCUT2D eigenvalue weighted by atomic mass is 9.96. The van der Waals surface area contributed by atoms with Gasteiger partial charge in [-0.05, 0) is 11.0 Å². The molecule has 2 heterocycles. The number of hydrogen-bond donors (Lipinski definition) is 0. The van der Waals surface area contributed by atoms with Gasteiger partial charge in [0.1, 0.15) is 5.75 Å². The first-order valence-corrected chi connectivity index (χ1v) is 5.40. The molecule has 0 N–H and O–H groups in total. The van der Waals surface area contributed by atoms with E-state index in [-0.39, 0.29) is 5.84 Å². The largest absolute Gasteiger partial charge is 0.496 e. The Kier molecular flexibility index (Phi) is 2.41. The fraction of sp³-hybridized carbons (Fsp3) is 0.364. The molecule has 7 nitrogen and oxygen atoms in total. The minimum atomic E-state index is -0.697. The van der Waals surface area contributed by atoms with Gasteiger partial charge < -0.3 is 19.6 Å². The second kappa shape index (κ2) is 3.95. The van der Waals surface area contributed by atoms with Crippen molar-refractivity contribution >= 4 is 5.84 Å². The lowest BCUT2D eigenvalue weighted by Gasteiger charge is -2.30. The van der Waals surface area contributed by atoms with Gasteiger partial charge in [0.25, 0.3) is 6.29 Å². The molecular weight excluding hydrogens is 240 g/mol. The molecule has 2 bridgehead atoms. The van der Waals surface area contributed by atoms with Gasteiger partial charge in [-0.1, -0.05) is 12.1 Å². The van der Waals surface area contributed by atoms with Crippen molar-refractivity contribution in [2.24, 2.45) is 5.16 Å². The summed E-state index contributed by atoms with van der Waals surface area (Å²) in [7, 11) is 1.56. The molecule has 0 spiro atoms. The topological polar surface area (TPSA) is 83.2 Å². The number of benzene rings is 1. The molecule has 94 valence electrons. The van der Waals surface area contributed by atoms with Gasteiger partial charge in [0, 0.05) is 17.5 Å². The summed E-state index contributed by atoms with van der Waals surface area (Å²) in [6.07, 6.45) is -1.03. The Morgan fingerprint density at radius 2 is 2.39 bits per heavy atom. The predicted molar refractivity (Wildman–Crippen MR) is 59.8 cm³/mol. The molecule has 0 unspecified atom stereocenters. The number of ether oxygens (including phenoxy) is 2. The number of methoxy groups -OCH3 is 1. The Bertz CT molecular complexity index is 542. The van der Waals surface area contributed by atoms with E-state index in [1.165, 1.54) is 0 Å². The van der Waals surface area contributed by atoms with E-state index in [0.29, 0.717) is 12.2 Å². The zero-order valence-electron chi connectivity index (χ0n) is 9.53. The minimum absolute atomic E-state index is 0.303. The Morgan fingerprint density at radius 1 is 1.56 bits per heavy atom. The van der Waals surface area contributed by atoms with E-state index in [2.05, 4.69) is 5.16 Å². The zero-order valence-corrected chi connectivity index (χ0v) is 9.53. The van der Waals surface area contributed by atoms with Crippen LogP contribution in [0.3, 0.4) is 0 Å². The van der Waals surface area contributed by atoms with Gasteiger partial charge in [0.15, 0.2) is 11.3 Å². The monoisotopic (exact) mass is 250 g/mol. The highest BCUT2D eigenvalue weighted by molar-refractivity contribution is 5.79. The second-order valence-corrected chi connectivity index (χ2v) is 4.00. The van der Waals surface area contributed by atoms with Crippen molar-refractivity contribution in [1.29, 1.82) is 0 Å². The van der Waals surface area contributed by atoms with Crippen LogP contribution < -0.4 is 4.74 Å². The van der Waals surface area contributed by atoms with Gasteiger partial charge in [0.2, 0.25) is 0 Å². The highest BCUT2D eigenvalue weighted by Crippen LogP contribution is 2.38. The normalized spacial score (nSPS) is 24.6. The quantitative estimate of drug-likeness (QED) is 0.553. The summed E-state index contributed by atoms with van der Waals surface area (Å²) in [5, 5.41) is 14.3. The average molecular weight is 250 g/mol. The first-order chi connectivity index (χ1) is 8.70. The van der Waals surface area contributed by atoms with Crippen LogP contribution in [-0.4, -0.2) is 24.0 Å². The predicted octanol–water partition coefficient (Wildman–Crippen LogP) is 1.26. The van der Waals surface area contributed by atoms with E-state index >= 15 is 0 Å². The molecule has 0 aromatic heterocycles. The summed E-state index contributed by atoms with van der Waals surface area (Å²) < 4.78 is 10.7. The summed E-state index contributed by atoms with van der Waals surface area (Å²) in [6, 6.07) is 5.46. The maximum Gasteiger partial charge on any atom is 0.414 e. The van der Waals surface area contributed by atoms with Crippen LogP contribution in [0.2, 0.25) is 0 Å². The highest BCUT2D eigenvalue weighted by atomic mass is 16.8. The molecule has 0 saturated heterocycles. The molecule has 3 rings (SSSR count). The number of amidine groups is 1. The number of nitrogens with zero attached hydrogens (tertiary/aromatic N) is 2. The molecule has 7 heteroatoms. The summed E-state index contributed by atoms with van der Waals surface area (Å²) in [5.41, 5.74) is 1.67. The Hall–Kier alpha value is -2.15. The van der Waals surface area contributed by atoms with Crippen LogP contribution >= 0.6 is 0 Å². The molecule has 0 saturated carbocycles. The van der Waals surface area contributed by atoms with Crippen molar-refractivity contribution in [2.75, 3.05) is 7.11 Å². The van der Waals surface area contributed by atoms with Crippen LogP contribution in [0.25, 0.3) is 0 Å². The molecule has 2 aliphatic heterocycles. The molecule has 0 fully saturated rings. The summed E-state index contributed by atoms with van der Waals surface area (Å²) in [5.74, 6) is 0.377. The maximum absolute atomic E-state index is 10.8. The van der Waals surface area contributed by atoms with Crippen LogP contribution in [-0.2, 0) is 16.0 Å². The van der Waals surface area contributed by atoms with E-state index in [1.807, 2.05) is 18.2 Å². The fourth-order valence-electron chi connectivity index (χ4n) is 2.21. The van der Waals surface area contributed by atoms with E-state index in [1.54, 1.807) is 7.11 Å². The third kappa shape index (κ3) is 1.52. The van der Waals surface area contributed by atoms with Crippen molar-refractivity contribution < 1.29 is 19.2 Å². The molecule has 2 atom stereocenters. The van der Waals surface area contributed by atoms with E-state index in [0.717, 1.165) is 11.1 Å². The van der Waals surface area contributed by atoms with Gasteiger partial charge in [0.05, 0.1) is 7.11 Å².